The molecular weight excluding hydrogens is 415 g/mol. The van der Waals surface area contributed by atoms with Crippen LogP contribution in [-0.4, -0.2) is 47.9 Å². The van der Waals surface area contributed by atoms with Crippen LogP contribution < -0.4 is 4.72 Å². The number of hydrogen-bond donors (Lipinski definition) is 1. The average molecular weight is 441 g/mol. The van der Waals surface area contributed by atoms with E-state index in [1.807, 2.05) is 7.05 Å². The number of nitrogens with one attached hydrogen (secondary N) is 1. The number of nitrogens with zero attached hydrogens (tertiary/aromatic N) is 1. The van der Waals surface area contributed by atoms with E-state index >= 15 is 0 Å². The van der Waals surface area contributed by atoms with Crippen LogP contribution in [0.25, 0.3) is 0 Å². The summed E-state index contributed by atoms with van der Waals surface area (Å²) in [5.74, 6) is -0.548. The molecule has 1 aliphatic heterocycles. The predicted molar refractivity (Wildman–Crippen MR) is 108 cm³/mol. The van der Waals surface area contributed by atoms with Gasteiger partial charge in [0.25, 0.3) is 0 Å². The molecular formula is C20H25FN2O4S2. The van der Waals surface area contributed by atoms with E-state index in [0.717, 1.165) is 49.7 Å². The Morgan fingerprint density at radius 1 is 1.07 bits per heavy atom. The molecule has 9 heteroatoms. The zero-order valence-electron chi connectivity index (χ0n) is 16.4. The number of halogens is 1. The molecule has 1 N–H and O–H groups in total. The molecule has 3 rings (SSSR count). The van der Waals surface area contributed by atoms with Gasteiger partial charge in [0.1, 0.15) is 5.82 Å². The van der Waals surface area contributed by atoms with Crippen molar-refractivity contribution in [2.45, 2.75) is 46.9 Å². The second-order valence-electron chi connectivity index (χ2n) is 7.35. The third-order valence-corrected chi connectivity index (χ3v) is 8.69. The van der Waals surface area contributed by atoms with Crippen LogP contribution in [0, 0.1) is 12.7 Å². The molecule has 0 aliphatic carbocycles. The first-order valence-corrected chi connectivity index (χ1v) is 12.4. The predicted octanol–water partition coefficient (Wildman–Crippen LogP) is 2.73. The number of benzene rings is 2. The molecule has 0 bridgehead atoms. The van der Waals surface area contributed by atoms with Crippen LogP contribution in [0.4, 0.5) is 4.39 Å². The van der Waals surface area contributed by atoms with Crippen LogP contribution in [0.5, 0.6) is 0 Å². The highest BCUT2D eigenvalue weighted by Gasteiger charge is 2.25. The molecule has 29 heavy (non-hydrogen) atoms. The van der Waals surface area contributed by atoms with Gasteiger partial charge < -0.3 is 4.90 Å². The molecule has 1 atom stereocenters. The molecule has 0 saturated carbocycles. The topological polar surface area (TPSA) is 83.5 Å². The van der Waals surface area contributed by atoms with E-state index < -0.39 is 25.7 Å². The minimum Gasteiger partial charge on any atom is -0.303 e. The molecule has 1 fully saturated rings. The van der Waals surface area contributed by atoms with Crippen molar-refractivity contribution >= 4 is 19.9 Å². The summed E-state index contributed by atoms with van der Waals surface area (Å²) in [5.41, 5.74) is 0.452. The Labute approximate surface area is 171 Å². The van der Waals surface area contributed by atoms with E-state index in [1.54, 1.807) is 6.92 Å². The summed E-state index contributed by atoms with van der Waals surface area (Å²) in [5, 5.41) is 0. The summed E-state index contributed by atoms with van der Waals surface area (Å²) in [6.07, 6.45) is 2.85. The van der Waals surface area contributed by atoms with E-state index in [2.05, 4.69) is 9.62 Å². The first-order chi connectivity index (χ1) is 13.6. The second-order valence-corrected chi connectivity index (χ2v) is 11.0. The lowest BCUT2D eigenvalue weighted by atomic mass is 10.1. The number of rotatable bonds is 7. The molecule has 2 aromatic carbocycles. The average Bonchev–Trinajstić information content (AvgIpc) is 3.07. The van der Waals surface area contributed by atoms with Gasteiger partial charge in [-0.25, -0.2) is 25.9 Å². The Hall–Kier alpha value is -1.81. The van der Waals surface area contributed by atoms with E-state index in [9.17, 15) is 21.2 Å². The van der Waals surface area contributed by atoms with Crippen LogP contribution in [0.1, 0.15) is 24.8 Å². The van der Waals surface area contributed by atoms with Crippen LogP contribution in [0.2, 0.25) is 0 Å². The number of sulfonamides is 1. The summed E-state index contributed by atoms with van der Waals surface area (Å²) in [6.45, 7) is 2.92. The van der Waals surface area contributed by atoms with Gasteiger partial charge in [-0.2, -0.15) is 0 Å². The van der Waals surface area contributed by atoms with E-state index in [-0.39, 0.29) is 21.2 Å². The van der Waals surface area contributed by atoms with Crippen molar-refractivity contribution in [2.24, 2.45) is 0 Å². The second kappa shape index (κ2) is 8.51. The van der Waals surface area contributed by atoms with Crippen molar-refractivity contribution in [1.29, 1.82) is 0 Å². The molecule has 1 heterocycles. The zero-order valence-corrected chi connectivity index (χ0v) is 18.1. The Morgan fingerprint density at radius 3 is 2.34 bits per heavy atom. The van der Waals surface area contributed by atoms with Gasteiger partial charge in [0.05, 0.1) is 14.7 Å². The Morgan fingerprint density at radius 2 is 1.72 bits per heavy atom. The first-order valence-electron chi connectivity index (χ1n) is 9.42. The minimum absolute atomic E-state index is 0.0690. The summed E-state index contributed by atoms with van der Waals surface area (Å²) in [7, 11) is -5.80. The maximum atomic E-state index is 13.1. The van der Waals surface area contributed by atoms with Crippen molar-refractivity contribution in [2.75, 3.05) is 20.1 Å². The maximum absolute atomic E-state index is 13.1. The molecule has 0 aromatic heterocycles. The smallest absolute Gasteiger partial charge is 0.240 e. The third kappa shape index (κ3) is 4.85. The lowest BCUT2D eigenvalue weighted by molar-refractivity contribution is 0.297. The SMILES string of the molecule is Cc1ccc(S(=O)(=O)c2ccc(F)cc2)cc1S(=O)(=O)NCCC1CCCN1C. The van der Waals surface area contributed by atoms with Gasteiger partial charge >= 0.3 is 0 Å². The van der Waals surface area contributed by atoms with E-state index in [0.29, 0.717) is 18.0 Å². The largest absolute Gasteiger partial charge is 0.303 e. The van der Waals surface area contributed by atoms with E-state index in [1.165, 1.54) is 12.1 Å². The van der Waals surface area contributed by atoms with Crippen LogP contribution in [-0.2, 0) is 19.9 Å². The minimum atomic E-state index is -3.96. The Kier molecular flexibility index (Phi) is 6.42. The normalized spacial score (nSPS) is 18.2. The standard InChI is InChI=1S/C20H25FN2O4S2/c1-15-5-8-19(28(24,25)18-9-6-16(21)7-10-18)14-20(15)29(26,27)22-12-11-17-4-3-13-23(17)2/h5-10,14,17,22H,3-4,11-13H2,1-2H3. The molecule has 1 aliphatic rings. The fraction of sp³-hybridized carbons (Fsp3) is 0.400. The van der Waals surface area contributed by atoms with E-state index in [4.69, 9.17) is 0 Å². The highest BCUT2D eigenvalue weighted by atomic mass is 32.2. The molecule has 6 nitrogen and oxygen atoms in total. The fourth-order valence-corrected chi connectivity index (χ4v) is 6.25. The van der Waals surface area contributed by atoms with Crippen LogP contribution in [0.3, 0.4) is 0 Å². The fourth-order valence-electron chi connectivity index (χ4n) is 3.57. The summed E-state index contributed by atoms with van der Waals surface area (Å²) in [6, 6.07) is 8.78. The number of aryl methyl sites for hydroxylation is 1. The van der Waals surface area contributed by atoms with Crippen molar-refractivity contribution in [3.63, 3.8) is 0 Å². The van der Waals surface area contributed by atoms with Gasteiger partial charge in [-0.15, -0.1) is 0 Å². The molecule has 2 aromatic rings. The highest BCUT2D eigenvalue weighted by molar-refractivity contribution is 7.91. The highest BCUT2D eigenvalue weighted by Crippen LogP contribution is 2.26. The molecule has 0 radical (unpaired) electrons. The zero-order chi connectivity index (χ0) is 21.2. The van der Waals surface area contributed by atoms with Crippen molar-refractivity contribution in [3.05, 3.63) is 53.8 Å². The summed E-state index contributed by atoms with van der Waals surface area (Å²) < 4.78 is 66.9. The lowest BCUT2D eigenvalue weighted by Crippen LogP contribution is -2.32. The van der Waals surface area contributed by atoms with Crippen molar-refractivity contribution in [1.82, 2.24) is 9.62 Å². The quantitative estimate of drug-likeness (QED) is 0.670. The van der Waals surface area contributed by atoms with Gasteiger partial charge in [0.2, 0.25) is 19.9 Å². The summed E-state index contributed by atoms with van der Waals surface area (Å²) in [4.78, 5) is 1.91. The molecule has 1 unspecified atom stereocenters. The Bertz CT molecular complexity index is 1080. The molecule has 158 valence electrons. The Balaban J connectivity index is 1.83. The van der Waals surface area contributed by atoms with Gasteiger partial charge in [-0.1, -0.05) is 6.07 Å². The lowest BCUT2D eigenvalue weighted by Gasteiger charge is -2.19. The van der Waals surface area contributed by atoms with Gasteiger partial charge in [0.15, 0.2) is 0 Å². The maximum Gasteiger partial charge on any atom is 0.240 e. The number of likely N-dealkylation sites (tertiary alicyclic amines) is 1. The van der Waals surface area contributed by atoms with Crippen molar-refractivity contribution in [3.8, 4) is 0 Å². The number of sulfone groups is 1. The van der Waals surface area contributed by atoms with Gasteiger partial charge in [-0.05, 0) is 81.7 Å². The number of hydrogen-bond acceptors (Lipinski definition) is 5. The summed E-state index contributed by atoms with van der Waals surface area (Å²) >= 11 is 0. The van der Waals surface area contributed by atoms with Gasteiger partial charge in [0, 0.05) is 12.6 Å². The molecule has 1 saturated heterocycles. The third-order valence-electron chi connectivity index (χ3n) is 5.32. The molecule has 0 spiro atoms. The first kappa shape index (κ1) is 21.9. The van der Waals surface area contributed by atoms with Gasteiger partial charge in [-0.3, -0.25) is 0 Å². The van der Waals surface area contributed by atoms with Crippen LogP contribution in [0.15, 0.2) is 57.2 Å². The van der Waals surface area contributed by atoms with Crippen LogP contribution >= 0.6 is 0 Å². The van der Waals surface area contributed by atoms with Crippen molar-refractivity contribution < 1.29 is 21.2 Å². The monoisotopic (exact) mass is 440 g/mol. The molecule has 0 amide bonds.